The summed E-state index contributed by atoms with van der Waals surface area (Å²) in [6.07, 6.45) is -4.51. The van der Waals surface area contributed by atoms with E-state index in [4.69, 9.17) is 23.2 Å². The van der Waals surface area contributed by atoms with Crippen LogP contribution < -0.4 is 0 Å². The first-order chi connectivity index (χ1) is 8.54. The van der Waals surface area contributed by atoms with Crippen LogP contribution in [0.2, 0.25) is 0 Å². The molecule has 0 aromatic heterocycles. The Morgan fingerprint density at radius 2 is 1.89 bits per heavy atom. The maximum Gasteiger partial charge on any atom is 0.416 e. The first-order valence-electron chi connectivity index (χ1n) is 4.72. The minimum Gasteiger partial charge on any atom is -0.294 e. The smallest absolute Gasteiger partial charge is 0.294 e. The van der Waals surface area contributed by atoms with Crippen molar-refractivity contribution in [3.63, 3.8) is 0 Å². The molecule has 0 saturated heterocycles. The predicted octanol–water partition coefficient (Wildman–Crippen LogP) is 5.27. The number of hydrogen-bond donors (Lipinski definition) is 0. The Balaban J connectivity index is 3.15. The molecule has 104 valence electrons. The van der Waals surface area contributed by atoms with Crippen LogP contribution in [0.4, 0.5) is 18.9 Å². The van der Waals surface area contributed by atoms with E-state index in [1.807, 2.05) is 0 Å². The molecule has 0 atom stereocenters. The first-order valence-corrected chi connectivity index (χ1v) is 6.27. The fourth-order valence-electron chi connectivity index (χ4n) is 0.953. The van der Waals surface area contributed by atoms with Crippen LogP contribution in [0.15, 0.2) is 32.9 Å². The van der Waals surface area contributed by atoms with Crippen molar-refractivity contribution >= 4 is 50.6 Å². The molecule has 19 heavy (non-hydrogen) atoms. The van der Waals surface area contributed by atoms with E-state index in [1.54, 1.807) is 0 Å². The average molecular weight is 378 g/mol. The van der Waals surface area contributed by atoms with Crippen molar-refractivity contribution in [2.24, 2.45) is 10.2 Å². The van der Waals surface area contributed by atoms with E-state index in [0.717, 1.165) is 25.1 Å². The molecule has 1 aromatic carbocycles. The number of alkyl halides is 5. The van der Waals surface area contributed by atoms with Gasteiger partial charge in [0.1, 0.15) is 5.69 Å². The standard InChI is InChI=1S/C10H6BrCl2F3N2O/c1-5(19)9(12,13)18-17-8-4-6(10(14,15)16)2-3-7(8)11/h2-4H,1H3/b18-17+. The Morgan fingerprint density at radius 3 is 2.37 bits per heavy atom. The number of ketones is 1. The van der Waals surface area contributed by atoms with Gasteiger partial charge in [0, 0.05) is 4.47 Å². The van der Waals surface area contributed by atoms with Crippen LogP contribution in [0.3, 0.4) is 0 Å². The molecule has 0 spiro atoms. The van der Waals surface area contributed by atoms with Crippen molar-refractivity contribution in [2.75, 3.05) is 0 Å². The van der Waals surface area contributed by atoms with Crippen LogP contribution in [-0.4, -0.2) is 10.2 Å². The Hall–Kier alpha value is -0.660. The van der Waals surface area contributed by atoms with E-state index in [9.17, 15) is 18.0 Å². The van der Waals surface area contributed by atoms with Gasteiger partial charge in [-0.2, -0.15) is 18.3 Å². The lowest BCUT2D eigenvalue weighted by molar-refractivity contribution is -0.137. The summed E-state index contributed by atoms with van der Waals surface area (Å²) in [5.74, 6) is -0.692. The molecule has 0 bridgehead atoms. The van der Waals surface area contributed by atoms with Crippen molar-refractivity contribution in [3.05, 3.63) is 28.2 Å². The second-order valence-corrected chi connectivity index (χ2v) is 5.60. The van der Waals surface area contributed by atoms with Crippen LogP contribution in [0.25, 0.3) is 0 Å². The molecular formula is C10H6BrCl2F3N2O. The summed E-state index contributed by atoms with van der Waals surface area (Å²) < 4.78 is 35.7. The molecular weight excluding hydrogens is 372 g/mol. The number of carbonyl (C=O) groups is 1. The Morgan fingerprint density at radius 1 is 1.32 bits per heavy atom. The van der Waals surface area contributed by atoms with E-state index in [0.29, 0.717) is 0 Å². The highest BCUT2D eigenvalue weighted by Gasteiger charge is 2.32. The van der Waals surface area contributed by atoms with Gasteiger partial charge in [-0.05, 0) is 41.1 Å². The Bertz CT molecular complexity index is 532. The third kappa shape index (κ3) is 4.43. The molecule has 0 aliphatic carbocycles. The van der Waals surface area contributed by atoms with E-state index >= 15 is 0 Å². The molecule has 0 aliphatic rings. The number of carbonyl (C=O) groups excluding carboxylic acids is 1. The molecule has 0 amide bonds. The molecule has 0 heterocycles. The molecule has 0 unspecified atom stereocenters. The van der Waals surface area contributed by atoms with Crippen LogP contribution in [0.1, 0.15) is 12.5 Å². The van der Waals surface area contributed by atoms with Crippen LogP contribution in [0, 0.1) is 0 Å². The number of halogens is 6. The van der Waals surface area contributed by atoms with Gasteiger partial charge in [0.2, 0.25) is 0 Å². The largest absolute Gasteiger partial charge is 0.416 e. The van der Waals surface area contributed by atoms with E-state index < -0.39 is 22.0 Å². The van der Waals surface area contributed by atoms with Gasteiger partial charge in [-0.15, -0.1) is 5.11 Å². The van der Waals surface area contributed by atoms with Gasteiger partial charge in [-0.3, -0.25) is 4.79 Å². The van der Waals surface area contributed by atoms with E-state index in [2.05, 4.69) is 26.2 Å². The molecule has 0 saturated carbocycles. The molecule has 0 aliphatic heterocycles. The van der Waals surface area contributed by atoms with Gasteiger partial charge < -0.3 is 0 Å². The van der Waals surface area contributed by atoms with Crippen molar-refractivity contribution in [1.29, 1.82) is 0 Å². The summed E-state index contributed by atoms with van der Waals surface area (Å²) >= 11 is 14.1. The van der Waals surface area contributed by atoms with Crippen molar-refractivity contribution in [2.45, 2.75) is 17.6 Å². The molecule has 0 fully saturated rings. The van der Waals surface area contributed by atoms with Gasteiger partial charge in [-0.25, -0.2) is 0 Å². The second kappa shape index (κ2) is 5.76. The first kappa shape index (κ1) is 16.4. The lowest BCUT2D eigenvalue weighted by Gasteiger charge is -2.09. The predicted molar refractivity (Wildman–Crippen MR) is 68.8 cm³/mol. The maximum atomic E-state index is 12.5. The summed E-state index contributed by atoms with van der Waals surface area (Å²) in [4.78, 5) is 11.0. The van der Waals surface area contributed by atoms with Crippen molar-refractivity contribution in [3.8, 4) is 0 Å². The molecule has 9 heteroatoms. The molecule has 0 radical (unpaired) electrons. The molecule has 0 N–H and O–H groups in total. The zero-order valence-corrected chi connectivity index (χ0v) is 12.4. The number of rotatable bonds is 3. The molecule has 3 nitrogen and oxygen atoms in total. The fraction of sp³-hybridized carbons (Fsp3) is 0.300. The number of Topliss-reactive ketones (excluding diaryl/α,β-unsaturated/α-hetero) is 1. The van der Waals surface area contributed by atoms with Gasteiger partial charge in [0.25, 0.3) is 4.46 Å². The van der Waals surface area contributed by atoms with Gasteiger partial charge >= 0.3 is 6.18 Å². The SMILES string of the molecule is CC(=O)C(Cl)(Cl)/N=N/c1cc(C(F)(F)F)ccc1Br. The third-order valence-electron chi connectivity index (χ3n) is 1.98. The van der Waals surface area contributed by atoms with Crippen molar-refractivity contribution in [1.82, 2.24) is 0 Å². The van der Waals surface area contributed by atoms with Crippen LogP contribution in [-0.2, 0) is 11.0 Å². The molecule has 1 aromatic rings. The van der Waals surface area contributed by atoms with E-state index in [-0.39, 0.29) is 10.2 Å². The fourth-order valence-corrected chi connectivity index (χ4v) is 1.35. The maximum absolute atomic E-state index is 12.5. The Labute approximate surface area is 124 Å². The molecule has 1 rings (SSSR count). The highest BCUT2D eigenvalue weighted by molar-refractivity contribution is 9.10. The summed E-state index contributed by atoms with van der Waals surface area (Å²) in [5, 5.41) is 6.79. The highest BCUT2D eigenvalue weighted by Crippen LogP contribution is 2.36. The number of nitrogens with zero attached hydrogens (tertiary/aromatic N) is 2. The minimum absolute atomic E-state index is 0.137. The minimum atomic E-state index is -4.51. The summed E-state index contributed by atoms with van der Waals surface area (Å²) in [5.41, 5.74) is -1.04. The lowest BCUT2D eigenvalue weighted by Crippen LogP contribution is -2.19. The third-order valence-corrected chi connectivity index (χ3v) is 3.33. The second-order valence-electron chi connectivity index (χ2n) is 3.46. The zero-order valence-electron chi connectivity index (χ0n) is 9.30. The Kier molecular flexibility index (Phi) is 4.97. The number of hydrogen-bond acceptors (Lipinski definition) is 3. The zero-order chi connectivity index (χ0) is 14.8. The lowest BCUT2D eigenvalue weighted by atomic mass is 10.2. The quantitative estimate of drug-likeness (QED) is 0.401. The monoisotopic (exact) mass is 376 g/mol. The van der Waals surface area contributed by atoms with Crippen molar-refractivity contribution < 1.29 is 18.0 Å². The summed E-state index contributed by atoms with van der Waals surface area (Å²) in [6, 6.07) is 2.80. The van der Waals surface area contributed by atoms with Gasteiger partial charge in [0.15, 0.2) is 5.78 Å². The number of benzene rings is 1. The van der Waals surface area contributed by atoms with Gasteiger partial charge in [-0.1, -0.05) is 23.2 Å². The average Bonchev–Trinajstić information content (AvgIpc) is 2.26. The topological polar surface area (TPSA) is 41.8 Å². The summed E-state index contributed by atoms with van der Waals surface area (Å²) in [7, 11) is 0. The number of azo groups is 1. The van der Waals surface area contributed by atoms with Gasteiger partial charge in [0.05, 0.1) is 5.56 Å². The van der Waals surface area contributed by atoms with Crippen LogP contribution in [0.5, 0.6) is 0 Å². The normalized spacial score (nSPS) is 13.0. The van der Waals surface area contributed by atoms with Crippen LogP contribution >= 0.6 is 39.1 Å². The van der Waals surface area contributed by atoms with E-state index in [1.165, 1.54) is 0 Å². The summed E-state index contributed by atoms with van der Waals surface area (Å²) in [6.45, 7) is 1.08. The highest BCUT2D eigenvalue weighted by atomic mass is 79.9.